The van der Waals surface area contributed by atoms with Gasteiger partial charge in [-0.15, -0.1) is 0 Å². The Morgan fingerprint density at radius 3 is 2.81 bits per heavy atom. The standard InChI is InChI=1S/C11H13BrFNOS/c1-14(5-6-16-2)11(15)9-4-3-8(12)7-10(9)13/h3-4,7H,5-6H2,1-2H3. The molecule has 1 rings (SSSR count). The molecule has 1 aromatic carbocycles. The largest absolute Gasteiger partial charge is 0.341 e. The smallest absolute Gasteiger partial charge is 0.256 e. The molecule has 0 bridgehead atoms. The Hall–Kier alpha value is -0.550. The van der Waals surface area contributed by atoms with Crippen LogP contribution < -0.4 is 0 Å². The molecule has 0 spiro atoms. The van der Waals surface area contributed by atoms with Crippen LogP contribution in [0.3, 0.4) is 0 Å². The van der Waals surface area contributed by atoms with Crippen LogP contribution in [-0.4, -0.2) is 36.4 Å². The van der Waals surface area contributed by atoms with Crippen LogP contribution in [-0.2, 0) is 0 Å². The Bertz CT molecular complexity index is 386. The summed E-state index contributed by atoms with van der Waals surface area (Å²) in [5.41, 5.74) is 0.117. The van der Waals surface area contributed by atoms with Gasteiger partial charge in [0, 0.05) is 23.8 Å². The van der Waals surface area contributed by atoms with Crippen LogP contribution in [0.1, 0.15) is 10.4 Å². The lowest BCUT2D eigenvalue weighted by atomic mass is 10.2. The highest BCUT2D eigenvalue weighted by atomic mass is 79.9. The molecule has 0 unspecified atom stereocenters. The number of hydrogen-bond acceptors (Lipinski definition) is 2. The molecule has 0 saturated heterocycles. The molecule has 0 aliphatic heterocycles. The van der Waals surface area contributed by atoms with Crippen molar-refractivity contribution < 1.29 is 9.18 Å². The third-order valence-electron chi connectivity index (χ3n) is 2.14. The molecule has 0 saturated carbocycles. The van der Waals surface area contributed by atoms with Gasteiger partial charge >= 0.3 is 0 Å². The molecule has 0 heterocycles. The number of halogens is 2. The Kier molecular flexibility index (Phi) is 5.28. The molecular weight excluding hydrogens is 293 g/mol. The van der Waals surface area contributed by atoms with Crippen LogP contribution in [0.4, 0.5) is 4.39 Å². The number of benzene rings is 1. The van der Waals surface area contributed by atoms with Gasteiger partial charge in [-0.3, -0.25) is 4.79 Å². The summed E-state index contributed by atoms with van der Waals surface area (Å²) in [7, 11) is 1.68. The first kappa shape index (κ1) is 13.5. The van der Waals surface area contributed by atoms with E-state index in [0.717, 1.165) is 5.75 Å². The second kappa shape index (κ2) is 6.25. The number of carbonyl (C=O) groups is 1. The average Bonchev–Trinajstić information content (AvgIpc) is 2.25. The number of thioether (sulfide) groups is 1. The van der Waals surface area contributed by atoms with E-state index in [2.05, 4.69) is 15.9 Å². The molecule has 0 aromatic heterocycles. The lowest BCUT2D eigenvalue weighted by molar-refractivity contribution is 0.0799. The van der Waals surface area contributed by atoms with Crippen LogP contribution >= 0.6 is 27.7 Å². The number of amides is 1. The maximum Gasteiger partial charge on any atom is 0.256 e. The van der Waals surface area contributed by atoms with Gasteiger partial charge in [-0.25, -0.2) is 4.39 Å². The summed E-state index contributed by atoms with van der Waals surface area (Å²) in [5.74, 6) is 0.0786. The number of rotatable bonds is 4. The molecule has 2 nitrogen and oxygen atoms in total. The molecule has 0 N–H and O–H groups in total. The first-order chi connectivity index (χ1) is 7.56. The fourth-order valence-electron chi connectivity index (χ4n) is 1.20. The van der Waals surface area contributed by atoms with Gasteiger partial charge in [-0.1, -0.05) is 15.9 Å². The van der Waals surface area contributed by atoms with Gasteiger partial charge in [0.2, 0.25) is 0 Å². The van der Waals surface area contributed by atoms with E-state index in [0.29, 0.717) is 11.0 Å². The zero-order chi connectivity index (χ0) is 12.1. The van der Waals surface area contributed by atoms with Gasteiger partial charge in [0.05, 0.1) is 5.56 Å². The SMILES string of the molecule is CSCCN(C)C(=O)c1ccc(Br)cc1F. The van der Waals surface area contributed by atoms with Gasteiger partial charge in [-0.05, 0) is 24.5 Å². The highest BCUT2D eigenvalue weighted by Crippen LogP contribution is 2.16. The summed E-state index contributed by atoms with van der Waals surface area (Å²) >= 11 is 4.81. The fraction of sp³-hybridized carbons (Fsp3) is 0.364. The molecule has 0 radical (unpaired) electrons. The van der Waals surface area contributed by atoms with Crippen molar-refractivity contribution in [3.63, 3.8) is 0 Å². The highest BCUT2D eigenvalue weighted by molar-refractivity contribution is 9.10. The normalized spacial score (nSPS) is 10.2. The summed E-state index contributed by atoms with van der Waals surface area (Å²) in [6.45, 7) is 0.621. The number of hydrogen-bond donors (Lipinski definition) is 0. The molecule has 88 valence electrons. The molecule has 0 atom stereocenters. The predicted octanol–water partition coefficient (Wildman–Crippen LogP) is 3.02. The van der Waals surface area contributed by atoms with E-state index >= 15 is 0 Å². The Balaban J connectivity index is 2.79. The van der Waals surface area contributed by atoms with E-state index in [9.17, 15) is 9.18 Å². The maximum absolute atomic E-state index is 13.5. The first-order valence-electron chi connectivity index (χ1n) is 4.75. The minimum absolute atomic E-state index is 0.117. The van der Waals surface area contributed by atoms with E-state index in [1.807, 2.05) is 6.26 Å². The van der Waals surface area contributed by atoms with Gasteiger partial charge in [0.25, 0.3) is 5.91 Å². The minimum atomic E-state index is -0.490. The van der Waals surface area contributed by atoms with Crippen molar-refractivity contribution in [2.45, 2.75) is 0 Å². The van der Waals surface area contributed by atoms with Crippen molar-refractivity contribution >= 4 is 33.6 Å². The van der Waals surface area contributed by atoms with Crippen molar-refractivity contribution in [2.24, 2.45) is 0 Å². The van der Waals surface area contributed by atoms with Crippen molar-refractivity contribution in [1.29, 1.82) is 0 Å². The Morgan fingerprint density at radius 2 is 2.25 bits per heavy atom. The second-order valence-electron chi connectivity index (χ2n) is 3.34. The molecule has 0 aliphatic rings. The number of carbonyl (C=O) groups excluding carboxylic acids is 1. The minimum Gasteiger partial charge on any atom is -0.341 e. The van der Waals surface area contributed by atoms with E-state index < -0.39 is 5.82 Å². The molecule has 5 heteroatoms. The third kappa shape index (κ3) is 3.49. The van der Waals surface area contributed by atoms with Crippen LogP contribution in [0.25, 0.3) is 0 Å². The van der Waals surface area contributed by atoms with E-state index in [-0.39, 0.29) is 11.5 Å². The first-order valence-corrected chi connectivity index (χ1v) is 6.94. The lowest BCUT2D eigenvalue weighted by Gasteiger charge is -2.16. The molecule has 1 aromatic rings. The zero-order valence-electron chi connectivity index (χ0n) is 9.17. The maximum atomic E-state index is 13.5. The van der Waals surface area contributed by atoms with Gasteiger partial charge < -0.3 is 4.90 Å². The predicted molar refractivity (Wildman–Crippen MR) is 69.4 cm³/mol. The van der Waals surface area contributed by atoms with Crippen molar-refractivity contribution in [3.8, 4) is 0 Å². The molecule has 0 aliphatic carbocycles. The van der Waals surface area contributed by atoms with Gasteiger partial charge in [0.1, 0.15) is 5.82 Å². The summed E-state index contributed by atoms with van der Waals surface area (Å²) in [5, 5.41) is 0. The molecule has 16 heavy (non-hydrogen) atoms. The molecular formula is C11H13BrFNOS. The summed E-state index contributed by atoms with van der Waals surface area (Å²) in [6.07, 6.45) is 1.97. The lowest BCUT2D eigenvalue weighted by Crippen LogP contribution is -2.29. The second-order valence-corrected chi connectivity index (χ2v) is 5.24. The van der Waals surface area contributed by atoms with Gasteiger partial charge in [0.15, 0.2) is 0 Å². The van der Waals surface area contributed by atoms with Gasteiger partial charge in [-0.2, -0.15) is 11.8 Å². The monoisotopic (exact) mass is 305 g/mol. The van der Waals surface area contributed by atoms with Crippen LogP contribution in [0.2, 0.25) is 0 Å². The van der Waals surface area contributed by atoms with Crippen molar-refractivity contribution in [2.75, 3.05) is 25.6 Å². The van der Waals surface area contributed by atoms with E-state index in [1.165, 1.54) is 17.0 Å². The highest BCUT2D eigenvalue weighted by Gasteiger charge is 2.15. The van der Waals surface area contributed by atoms with E-state index in [4.69, 9.17) is 0 Å². The zero-order valence-corrected chi connectivity index (χ0v) is 11.6. The fourth-order valence-corrected chi connectivity index (χ4v) is 1.99. The number of nitrogens with zero attached hydrogens (tertiary/aromatic N) is 1. The van der Waals surface area contributed by atoms with Crippen LogP contribution in [0, 0.1) is 5.82 Å². The molecule has 1 amide bonds. The van der Waals surface area contributed by atoms with Crippen LogP contribution in [0.15, 0.2) is 22.7 Å². The topological polar surface area (TPSA) is 20.3 Å². The summed E-state index contributed by atoms with van der Waals surface area (Å²) in [4.78, 5) is 13.4. The van der Waals surface area contributed by atoms with Crippen molar-refractivity contribution in [1.82, 2.24) is 4.90 Å². The Labute approximate surface area is 107 Å². The summed E-state index contributed by atoms with van der Waals surface area (Å²) in [6, 6.07) is 4.46. The van der Waals surface area contributed by atoms with E-state index in [1.54, 1.807) is 24.9 Å². The van der Waals surface area contributed by atoms with Crippen molar-refractivity contribution in [3.05, 3.63) is 34.1 Å². The Morgan fingerprint density at radius 1 is 1.56 bits per heavy atom. The quantitative estimate of drug-likeness (QED) is 0.852. The summed E-state index contributed by atoms with van der Waals surface area (Å²) < 4.78 is 14.1. The average molecular weight is 306 g/mol. The van der Waals surface area contributed by atoms with Crippen LogP contribution in [0.5, 0.6) is 0 Å². The third-order valence-corrected chi connectivity index (χ3v) is 3.22. The molecule has 0 fully saturated rings.